The molecular formula is C15H29NOS. The zero-order valence-corrected chi connectivity index (χ0v) is 13.2. The topological polar surface area (TPSA) is 29.1 Å². The minimum atomic E-state index is -0.624. The molecule has 0 radical (unpaired) electrons. The highest BCUT2D eigenvalue weighted by atomic mass is 32.2. The molecule has 0 aromatic rings. The predicted octanol–water partition coefficient (Wildman–Crippen LogP) is 2.95. The lowest BCUT2D eigenvalue weighted by Crippen LogP contribution is -2.47. The van der Waals surface area contributed by atoms with Crippen LogP contribution in [0.15, 0.2) is 0 Å². The maximum atomic E-state index is 12.5. The second kappa shape index (κ2) is 5.62. The van der Waals surface area contributed by atoms with Crippen LogP contribution in [0.1, 0.15) is 53.4 Å². The largest absolute Gasteiger partial charge is 0.312 e. The van der Waals surface area contributed by atoms with Gasteiger partial charge < -0.3 is 5.32 Å². The monoisotopic (exact) mass is 271 g/mol. The first-order chi connectivity index (χ1) is 8.44. The third-order valence-electron chi connectivity index (χ3n) is 5.32. The van der Waals surface area contributed by atoms with Gasteiger partial charge in [-0.05, 0) is 43.1 Å². The molecule has 18 heavy (non-hydrogen) atoms. The second-order valence-corrected chi connectivity index (χ2v) is 8.76. The smallest absolute Gasteiger partial charge is 0.0504 e. The van der Waals surface area contributed by atoms with Crippen molar-refractivity contribution in [3.05, 3.63) is 0 Å². The molecule has 106 valence electrons. The van der Waals surface area contributed by atoms with Gasteiger partial charge in [-0.2, -0.15) is 0 Å². The Bertz CT molecular complexity index is 316. The fraction of sp³-hybridized carbons (Fsp3) is 1.00. The van der Waals surface area contributed by atoms with Crippen LogP contribution in [0, 0.1) is 17.3 Å². The van der Waals surface area contributed by atoms with Crippen LogP contribution in [-0.2, 0) is 10.8 Å². The van der Waals surface area contributed by atoms with Gasteiger partial charge >= 0.3 is 0 Å². The molecular weight excluding hydrogens is 242 g/mol. The molecule has 0 spiro atoms. The van der Waals surface area contributed by atoms with Gasteiger partial charge in [-0.1, -0.05) is 34.1 Å². The van der Waals surface area contributed by atoms with Crippen LogP contribution in [0.4, 0.5) is 0 Å². The maximum Gasteiger partial charge on any atom is 0.0504 e. The van der Waals surface area contributed by atoms with Crippen LogP contribution < -0.4 is 5.32 Å². The lowest BCUT2D eigenvalue weighted by atomic mass is 9.68. The highest BCUT2D eigenvalue weighted by Crippen LogP contribution is 2.42. The molecule has 5 atom stereocenters. The number of rotatable bonds is 2. The number of nitrogens with one attached hydrogen (secondary N) is 1. The van der Waals surface area contributed by atoms with Gasteiger partial charge in [-0.3, -0.25) is 4.21 Å². The van der Waals surface area contributed by atoms with Gasteiger partial charge in [0.05, 0.1) is 5.25 Å². The zero-order valence-electron chi connectivity index (χ0n) is 12.4. The van der Waals surface area contributed by atoms with E-state index < -0.39 is 10.8 Å². The minimum Gasteiger partial charge on any atom is -0.312 e. The first-order valence-electron chi connectivity index (χ1n) is 7.54. The van der Waals surface area contributed by atoms with Crippen molar-refractivity contribution in [1.82, 2.24) is 5.32 Å². The van der Waals surface area contributed by atoms with Gasteiger partial charge in [0.1, 0.15) is 0 Å². The molecule has 2 fully saturated rings. The number of fused-ring (bicyclic) bond motifs is 1. The molecule has 2 aliphatic rings. The van der Waals surface area contributed by atoms with Crippen molar-refractivity contribution in [3.8, 4) is 0 Å². The lowest BCUT2D eigenvalue weighted by molar-refractivity contribution is 0.140. The van der Waals surface area contributed by atoms with Gasteiger partial charge in [0.2, 0.25) is 0 Å². The van der Waals surface area contributed by atoms with Gasteiger partial charge in [-0.15, -0.1) is 0 Å². The summed E-state index contributed by atoms with van der Waals surface area (Å²) in [5, 5.41) is 4.06. The second-order valence-electron chi connectivity index (χ2n) is 7.06. The van der Waals surface area contributed by atoms with Crippen molar-refractivity contribution in [2.45, 2.75) is 64.7 Å². The summed E-state index contributed by atoms with van der Waals surface area (Å²) in [4.78, 5) is 0. The molecule has 1 saturated heterocycles. The average Bonchev–Trinajstić information content (AvgIpc) is 2.48. The molecule has 1 aliphatic carbocycles. The van der Waals surface area contributed by atoms with E-state index in [1.807, 2.05) is 0 Å². The Morgan fingerprint density at radius 3 is 2.72 bits per heavy atom. The van der Waals surface area contributed by atoms with Crippen LogP contribution in [0.25, 0.3) is 0 Å². The summed E-state index contributed by atoms with van der Waals surface area (Å²) in [7, 11) is -0.624. The van der Waals surface area contributed by atoms with E-state index in [0.717, 1.165) is 24.6 Å². The van der Waals surface area contributed by atoms with Crippen LogP contribution in [-0.4, -0.2) is 27.8 Å². The maximum absolute atomic E-state index is 12.5. The summed E-state index contributed by atoms with van der Waals surface area (Å²) in [6.07, 6.45) is 4.92. The molecule has 1 saturated carbocycles. The normalized spacial score (nSPS) is 42.1. The summed E-state index contributed by atoms with van der Waals surface area (Å²) in [5.41, 5.74) is 0.410. The molecule has 2 nitrogen and oxygen atoms in total. The van der Waals surface area contributed by atoms with E-state index in [1.54, 1.807) is 0 Å². The van der Waals surface area contributed by atoms with E-state index in [-0.39, 0.29) is 0 Å². The summed E-state index contributed by atoms with van der Waals surface area (Å²) < 4.78 is 12.5. The van der Waals surface area contributed by atoms with Gasteiger partial charge in [0, 0.05) is 22.6 Å². The average molecular weight is 271 g/mol. The van der Waals surface area contributed by atoms with E-state index in [0.29, 0.717) is 22.6 Å². The molecule has 1 N–H and O–H groups in total. The van der Waals surface area contributed by atoms with E-state index in [2.05, 4.69) is 33.0 Å². The Morgan fingerprint density at radius 2 is 2.06 bits per heavy atom. The van der Waals surface area contributed by atoms with Crippen molar-refractivity contribution < 1.29 is 4.21 Å². The van der Waals surface area contributed by atoms with Gasteiger partial charge in [0.15, 0.2) is 0 Å². The summed E-state index contributed by atoms with van der Waals surface area (Å²) in [6, 6.07) is 0.514. The minimum absolute atomic E-state index is 0.402. The van der Waals surface area contributed by atoms with Crippen LogP contribution in [0.5, 0.6) is 0 Å². The van der Waals surface area contributed by atoms with Gasteiger partial charge in [0.25, 0.3) is 0 Å². The standard InChI is InChI=1S/C15H29NOS/c1-5-15(3,4)12-6-7-13-14(8-12)18(17)10-11(2)9-16-13/h11-14,16H,5-10H2,1-4H3. The predicted molar refractivity (Wildman–Crippen MR) is 79.2 cm³/mol. The number of hydrogen-bond acceptors (Lipinski definition) is 2. The van der Waals surface area contributed by atoms with Crippen molar-refractivity contribution in [3.63, 3.8) is 0 Å². The van der Waals surface area contributed by atoms with E-state index in [1.165, 1.54) is 19.3 Å². The van der Waals surface area contributed by atoms with Crippen molar-refractivity contribution in [2.24, 2.45) is 17.3 Å². The van der Waals surface area contributed by atoms with Gasteiger partial charge in [-0.25, -0.2) is 0 Å². The molecule has 1 heterocycles. The molecule has 5 unspecified atom stereocenters. The Hall–Kier alpha value is 0.110. The summed E-state index contributed by atoms with van der Waals surface area (Å²) in [6.45, 7) is 10.3. The summed E-state index contributed by atoms with van der Waals surface area (Å²) >= 11 is 0. The van der Waals surface area contributed by atoms with Crippen LogP contribution in [0.3, 0.4) is 0 Å². The molecule has 0 amide bonds. The van der Waals surface area contributed by atoms with Crippen molar-refractivity contribution >= 4 is 10.8 Å². The Kier molecular flexibility index (Phi) is 4.53. The molecule has 0 aromatic heterocycles. The molecule has 2 rings (SSSR count). The molecule has 0 aromatic carbocycles. The quantitative estimate of drug-likeness (QED) is 0.836. The number of hydrogen-bond donors (Lipinski definition) is 1. The van der Waals surface area contributed by atoms with Crippen LogP contribution >= 0.6 is 0 Å². The highest BCUT2D eigenvalue weighted by Gasteiger charge is 2.40. The van der Waals surface area contributed by atoms with E-state index in [9.17, 15) is 4.21 Å². The van der Waals surface area contributed by atoms with Crippen LogP contribution in [0.2, 0.25) is 0 Å². The van der Waals surface area contributed by atoms with E-state index >= 15 is 0 Å². The Labute approximate surface area is 115 Å². The lowest BCUT2D eigenvalue weighted by Gasteiger charge is -2.42. The fourth-order valence-corrected chi connectivity index (χ4v) is 5.44. The highest BCUT2D eigenvalue weighted by molar-refractivity contribution is 7.85. The Morgan fingerprint density at radius 1 is 1.33 bits per heavy atom. The third-order valence-corrected chi connectivity index (χ3v) is 7.42. The zero-order chi connectivity index (χ0) is 13.3. The van der Waals surface area contributed by atoms with E-state index in [4.69, 9.17) is 0 Å². The SMILES string of the molecule is CCC(C)(C)C1CCC2NCC(C)CS(=O)C2C1. The molecule has 3 heteroatoms. The summed E-state index contributed by atoms with van der Waals surface area (Å²) in [5.74, 6) is 2.21. The fourth-order valence-electron chi connectivity index (χ4n) is 3.47. The first kappa shape index (κ1) is 14.5. The molecule has 1 aliphatic heterocycles. The molecule has 0 bridgehead atoms. The van der Waals surface area contributed by atoms with Crippen molar-refractivity contribution in [1.29, 1.82) is 0 Å². The third kappa shape index (κ3) is 2.98. The first-order valence-corrected chi connectivity index (χ1v) is 8.92. The van der Waals surface area contributed by atoms with Crippen molar-refractivity contribution in [2.75, 3.05) is 12.3 Å². The Balaban J connectivity index is 2.09.